The highest BCUT2D eigenvalue weighted by Crippen LogP contribution is 2.40. The van der Waals surface area contributed by atoms with E-state index in [1.165, 1.54) is 4.88 Å². The maximum Gasteiger partial charge on any atom is 0.252 e. The van der Waals surface area contributed by atoms with Crippen LogP contribution in [0.2, 0.25) is 5.02 Å². The van der Waals surface area contributed by atoms with Crippen LogP contribution in [0.25, 0.3) is 15.9 Å². The van der Waals surface area contributed by atoms with Crippen molar-refractivity contribution in [2.45, 2.75) is 82.9 Å². The molecule has 0 spiro atoms. The van der Waals surface area contributed by atoms with Crippen LogP contribution in [-0.2, 0) is 11.2 Å². The normalized spacial score (nSPS) is 13.7. The molecule has 1 atom stereocenters. The number of fused-ring (bicyclic) bond motifs is 4. The van der Waals surface area contributed by atoms with E-state index < -0.39 is 6.04 Å². The topological polar surface area (TPSA) is 156 Å². The second-order valence-electron chi connectivity index (χ2n) is 15.3. The fourth-order valence-corrected chi connectivity index (χ4v) is 9.88. The number of nitrogens with one attached hydrogen (secondary N) is 3. The van der Waals surface area contributed by atoms with Crippen molar-refractivity contribution in [3.05, 3.63) is 115 Å². The Kier molecular flexibility index (Phi) is 13.0. The summed E-state index contributed by atoms with van der Waals surface area (Å²) in [7, 11) is 0. The highest BCUT2D eigenvalue weighted by atomic mass is 35.5. The Balaban J connectivity index is 0.968. The first kappa shape index (κ1) is 42.2. The first-order valence-electron chi connectivity index (χ1n) is 19.5. The summed E-state index contributed by atoms with van der Waals surface area (Å²) in [5.74, 6) is 0.768. The first-order chi connectivity index (χ1) is 28.3. The highest BCUT2D eigenvalue weighted by molar-refractivity contribution is 8.00. The maximum absolute atomic E-state index is 13.5. The van der Waals surface area contributed by atoms with Gasteiger partial charge in [0.15, 0.2) is 5.82 Å². The number of thioether (sulfide) groups is 1. The molecule has 3 amide bonds. The van der Waals surface area contributed by atoms with Crippen LogP contribution < -0.4 is 16.0 Å². The van der Waals surface area contributed by atoms with E-state index in [1.807, 2.05) is 47.2 Å². The Labute approximate surface area is 360 Å². The molecule has 2 aromatic carbocycles. The zero-order valence-corrected chi connectivity index (χ0v) is 37.0. The molecule has 306 valence electrons. The molecule has 6 aromatic rings. The van der Waals surface area contributed by atoms with Crippen molar-refractivity contribution in [2.24, 2.45) is 4.99 Å². The van der Waals surface area contributed by atoms with E-state index in [0.717, 1.165) is 48.6 Å². The Hall–Kier alpha value is -4.96. The van der Waals surface area contributed by atoms with Gasteiger partial charge in [-0.05, 0) is 69.5 Å². The van der Waals surface area contributed by atoms with E-state index in [1.54, 1.807) is 59.0 Å². The molecular weight excluding hydrogens is 822 g/mol. The molecule has 1 aliphatic rings. The number of thiophene rings is 1. The standard InChI is InChI=1S/C43H46ClN9O3S3/c1-24-25(2)58-42-36(24)38(27-9-11-31(44)12-10-27)50-32(39-52-51-26(3)53(39)42)22-34(54)45-14-7-8-15-47-40(55)29-19-28-20-30(41(56)48-16-13-35-46-17-18-57-35)23-49-37(28)33(21-29)59-43(4,5)6/h9-12,17-21,23,32H,7-8,13-16,22H2,1-6H3,(H,45,54)(H,47,55)(H,48,56)/t32-/m0/s1. The van der Waals surface area contributed by atoms with Crippen molar-refractivity contribution in [3.8, 4) is 5.00 Å². The Morgan fingerprint density at radius 2 is 1.61 bits per heavy atom. The fourth-order valence-electron chi connectivity index (χ4n) is 6.80. The molecular formula is C43H46ClN9O3S3. The number of carbonyl (C=O) groups is 3. The Morgan fingerprint density at radius 3 is 2.34 bits per heavy atom. The van der Waals surface area contributed by atoms with Crippen LogP contribution in [0.5, 0.6) is 0 Å². The van der Waals surface area contributed by atoms with Gasteiger partial charge in [-0.2, -0.15) is 0 Å². The van der Waals surface area contributed by atoms with Crippen LogP contribution in [0.4, 0.5) is 0 Å². The lowest BCUT2D eigenvalue weighted by atomic mass is 9.99. The van der Waals surface area contributed by atoms with Gasteiger partial charge in [0.2, 0.25) is 5.91 Å². The minimum absolute atomic E-state index is 0.0979. The fraction of sp³-hybridized carbons (Fsp3) is 0.349. The molecule has 3 N–H and O–H groups in total. The molecule has 0 unspecified atom stereocenters. The summed E-state index contributed by atoms with van der Waals surface area (Å²) in [5, 5.41) is 23.1. The SMILES string of the molecule is Cc1sc2c(c1C)C(c1ccc(Cl)cc1)=N[C@@H](CC(=O)NCCCCNC(=O)c1cc(SC(C)(C)C)c3ncc(C(=O)NCCc4nccs4)cc3c1)c1nnc(C)n1-2. The number of carbonyl (C=O) groups excluding carboxylic acids is 3. The van der Waals surface area contributed by atoms with Gasteiger partial charge < -0.3 is 16.0 Å². The number of halogens is 1. The molecule has 0 fully saturated rings. The third kappa shape index (κ3) is 9.92. The van der Waals surface area contributed by atoms with E-state index in [-0.39, 0.29) is 28.9 Å². The third-order valence-corrected chi connectivity index (χ3v) is 13.2. The summed E-state index contributed by atoms with van der Waals surface area (Å²) in [4.78, 5) is 56.1. The van der Waals surface area contributed by atoms with E-state index in [9.17, 15) is 14.4 Å². The van der Waals surface area contributed by atoms with Gasteiger partial charge in [-0.15, -0.1) is 44.6 Å². The number of nitrogens with zero attached hydrogens (tertiary/aromatic N) is 6. The minimum atomic E-state index is -0.557. The molecule has 0 aliphatic carbocycles. The Morgan fingerprint density at radius 1 is 0.898 bits per heavy atom. The zero-order chi connectivity index (χ0) is 41.8. The summed E-state index contributed by atoms with van der Waals surface area (Å²) in [6.45, 7) is 13.8. The van der Waals surface area contributed by atoms with E-state index in [4.69, 9.17) is 16.6 Å². The zero-order valence-electron chi connectivity index (χ0n) is 33.8. The molecule has 0 saturated carbocycles. The third-order valence-electron chi connectivity index (χ3n) is 9.74. The molecule has 0 bridgehead atoms. The number of amides is 3. The monoisotopic (exact) mass is 867 g/mol. The largest absolute Gasteiger partial charge is 0.356 e. The molecule has 59 heavy (non-hydrogen) atoms. The van der Waals surface area contributed by atoms with Crippen molar-refractivity contribution in [3.63, 3.8) is 0 Å². The summed E-state index contributed by atoms with van der Waals surface area (Å²) < 4.78 is 1.90. The van der Waals surface area contributed by atoms with Gasteiger partial charge in [0.05, 0.1) is 28.2 Å². The highest BCUT2D eigenvalue weighted by Gasteiger charge is 2.32. The molecule has 1 aliphatic heterocycles. The van der Waals surface area contributed by atoms with Crippen LogP contribution in [0.1, 0.15) is 105 Å². The number of aryl methyl sites for hydroxylation is 2. The van der Waals surface area contributed by atoms with Crippen LogP contribution in [0.3, 0.4) is 0 Å². The van der Waals surface area contributed by atoms with Crippen molar-refractivity contribution < 1.29 is 14.4 Å². The van der Waals surface area contributed by atoms with Crippen molar-refractivity contribution in [2.75, 3.05) is 19.6 Å². The summed E-state index contributed by atoms with van der Waals surface area (Å²) in [5.41, 5.74) is 5.51. The van der Waals surface area contributed by atoms with Gasteiger partial charge in [-0.1, -0.05) is 44.5 Å². The lowest BCUT2D eigenvalue weighted by Gasteiger charge is -2.19. The van der Waals surface area contributed by atoms with Gasteiger partial charge in [-0.25, -0.2) is 4.98 Å². The van der Waals surface area contributed by atoms with Crippen LogP contribution in [0, 0.1) is 20.8 Å². The van der Waals surface area contributed by atoms with Crippen LogP contribution >= 0.6 is 46.0 Å². The number of aromatic nitrogens is 5. The van der Waals surface area contributed by atoms with E-state index in [2.05, 4.69) is 70.7 Å². The average molecular weight is 869 g/mol. The molecule has 0 saturated heterocycles. The smallest absolute Gasteiger partial charge is 0.252 e. The molecule has 4 aromatic heterocycles. The van der Waals surface area contributed by atoms with Gasteiger partial charge >= 0.3 is 0 Å². The van der Waals surface area contributed by atoms with Crippen LogP contribution in [-0.4, -0.2) is 72.5 Å². The number of thiazole rings is 1. The lowest BCUT2D eigenvalue weighted by molar-refractivity contribution is -0.121. The molecule has 7 rings (SSSR count). The van der Waals surface area contributed by atoms with Crippen molar-refractivity contribution in [1.29, 1.82) is 0 Å². The van der Waals surface area contributed by atoms with Gasteiger partial charge in [0.1, 0.15) is 16.9 Å². The van der Waals surface area contributed by atoms with E-state index in [0.29, 0.717) is 66.3 Å². The average Bonchev–Trinajstić information content (AvgIpc) is 3.91. The molecule has 0 radical (unpaired) electrons. The number of benzene rings is 2. The summed E-state index contributed by atoms with van der Waals surface area (Å²) in [6.07, 6.45) is 5.40. The quantitative estimate of drug-likeness (QED) is 0.0729. The number of rotatable bonds is 14. The predicted molar refractivity (Wildman–Crippen MR) is 238 cm³/mol. The maximum atomic E-state index is 13.5. The summed E-state index contributed by atoms with van der Waals surface area (Å²) >= 11 is 11.1. The number of hydrogen-bond acceptors (Lipinski definition) is 11. The minimum Gasteiger partial charge on any atom is -0.356 e. The number of hydrogen-bond donors (Lipinski definition) is 3. The molecule has 5 heterocycles. The Bertz CT molecular complexity index is 2540. The number of unbranched alkanes of at least 4 members (excludes halogenated alkanes) is 1. The second-order valence-corrected chi connectivity index (χ2v) is 19.8. The molecule has 16 heteroatoms. The van der Waals surface area contributed by atoms with E-state index >= 15 is 0 Å². The molecule has 12 nitrogen and oxygen atoms in total. The van der Waals surface area contributed by atoms with Gasteiger partial charge in [0, 0.05) is 85.4 Å². The van der Waals surface area contributed by atoms with Gasteiger partial charge in [0.25, 0.3) is 11.8 Å². The predicted octanol–water partition coefficient (Wildman–Crippen LogP) is 8.38. The number of aliphatic imine (C=N–C) groups is 1. The van der Waals surface area contributed by atoms with Crippen molar-refractivity contribution in [1.82, 2.24) is 40.7 Å². The second kappa shape index (κ2) is 18.1. The van der Waals surface area contributed by atoms with Gasteiger partial charge in [-0.3, -0.25) is 28.9 Å². The summed E-state index contributed by atoms with van der Waals surface area (Å²) in [6, 6.07) is 12.5. The first-order valence-corrected chi connectivity index (χ1v) is 22.4. The van der Waals surface area contributed by atoms with Crippen molar-refractivity contribution >= 4 is 80.4 Å². The lowest BCUT2D eigenvalue weighted by Crippen LogP contribution is -2.28. The van der Waals surface area contributed by atoms with Crippen LogP contribution in [0.15, 0.2) is 70.1 Å². The number of pyridine rings is 1.